The van der Waals surface area contributed by atoms with Crippen molar-refractivity contribution in [2.75, 3.05) is 13.2 Å². The summed E-state index contributed by atoms with van der Waals surface area (Å²) in [6, 6.07) is 13.8. The third kappa shape index (κ3) is 4.78. The number of hydrogen-bond donors (Lipinski definition) is 1. The quantitative estimate of drug-likeness (QED) is 0.685. The van der Waals surface area contributed by atoms with Gasteiger partial charge < -0.3 is 10.1 Å². The van der Waals surface area contributed by atoms with E-state index in [1.165, 1.54) is 0 Å². The molecule has 3 aromatic rings. The van der Waals surface area contributed by atoms with Crippen LogP contribution in [0.2, 0.25) is 0 Å². The van der Waals surface area contributed by atoms with Gasteiger partial charge in [0.05, 0.1) is 18.8 Å². The van der Waals surface area contributed by atoms with Crippen molar-refractivity contribution in [3.63, 3.8) is 0 Å². The molecule has 124 valence electrons. The minimum atomic E-state index is -0.115. The summed E-state index contributed by atoms with van der Waals surface area (Å²) in [5.41, 5.74) is 3.13. The lowest BCUT2D eigenvalue weighted by Crippen LogP contribution is -2.30. The van der Waals surface area contributed by atoms with Crippen LogP contribution in [0.25, 0.3) is 11.3 Å². The van der Waals surface area contributed by atoms with Crippen LogP contribution in [-0.4, -0.2) is 28.8 Å². The summed E-state index contributed by atoms with van der Waals surface area (Å²) in [7, 11) is 0. The number of rotatable bonds is 8. The predicted molar refractivity (Wildman–Crippen MR) is 94.6 cm³/mol. The second-order valence-corrected chi connectivity index (χ2v) is 6.08. The van der Waals surface area contributed by atoms with Gasteiger partial charge in [-0.25, -0.2) is 0 Å². The van der Waals surface area contributed by atoms with Crippen LogP contribution in [0.4, 0.5) is 0 Å². The third-order valence-electron chi connectivity index (χ3n) is 3.47. The molecule has 1 amide bonds. The first kappa shape index (κ1) is 16.4. The molecule has 6 heteroatoms. The molecule has 0 bridgehead atoms. The van der Waals surface area contributed by atoms with Gasteiger partial charge in [0.25, 0.3) is 0 Å². The summed E-state index contributed by atoms with van der Waals surface area (Å²) < 4.78 is 7.24. The highest BCUT2D eigenvalue weighted by molar-refractivity contribution is 7.08. The maximum atomic E-state index is 11.8. The van der Waals surface area contributed by atoms with Crippen LogP contribution < -0.4 is 5.32 Å². The Morgan fingerprint density at radius 1 is 1.21 bits per heavy atom. The summed E-state index contributed by atoms with van der Waals surface area (Å²) >= 11 is 1.65. The Morgan fingerprint density at radius 2 is 2.08 bits per heavy atom. The third-order valence-corrected chi connectivity index (χ3v) is 4.15. The maximum Gasteiger partial charge on any atom is 0.246 e. The largest absolute Gasteiger partial charge is 0.367 e. The Kier molecular flexibility index (Phi) is 5.76. The molecule has 0 aliphatic carbocycles. The fourth-order valence-corrected chi connectivity index (χ4v) is 2.90. The number of carbonyl (C=O) groups is 1. The van der Waals surface area contributed by atoms with Crippen molar-refractivity contribution in [2.24, 2.45) is 0 Å². The number of thiophene rings is 1. The molecule has 2 aromatic heterocycles. The maximum absolute atomic E-state index is 11.8. The zero-order valence-electron chi connectivity index (χ0n) is 13.2. The topological polar surface area (TPSA) is 56.1 Å². The molecule has 0 radical (unpaired) electrons. The average molecular weight is 341 g/mol. The number of amides is 1. The van der Waals surface area contributed by atoms with Crippen molar-refractivity contribution in [2.45, 2.75) is 13.2 Å². The van der Waals surface area contributed by atoms with Gasteiger partial charge in [-0.3, -0.25) is 9.48 Å². The molecule has 2 heterocycles. The second kappa shape index (κ2) is 8.42. The first-order valence-corrected chi connectivity index (χ1v) is 8.70. The van der Waals surface area contributed by atoms with Gasteiger partial charge in [-0.15, -0.1) is 0 Å². The number of hydrogen-bond acceptors (Lipinski definition) is 4. The number of benzene rings is 1. The minimum absolute atomic E-state index is 0.0636. The highest BCUT2D eigenvalue weighted by Crippen LogP contribution is 2.19. The van der Waals surface area contributed by atoms with Gasteiger partial charge in [0.15, 0.2) is 0 Å². The molecule has 0 aliphatic rings. The summed E-state index contributed by atoms with van der Waals surface area (Å²) in [5, 5.41) is 11.4. The molecule has 1 aromatic carbocycles. The van der Waals surface area contributed by atoms with E-state index >= 15 is 0 Å². The van der Waals surface area contributed by atoms with E-state index in [1.807, 2.05) is 58.7 Å². The van der Waals surface area contributed by atoms with E-state index < -0.39 is 0 Å². The van der Waals surface area contributed by atoms with Crippen molar-refractivity contribution < 1.29 is 9.53 Å². The Bertz CT molecular complexity index is 754. The molecule has 0 fully saturated rings. The van der Waals surface area contributed by atoms with Crippen LogP contribution >= 0.6 is 11.3 Å². The summed E-state index contributed by atoms with van der Waals surface area (Å²) in [6.45, 7) is 1.67. The average Bonchev–Trinajstić information content (AvgIpc) is 3.27. The standard InChI is InChI=1S/C18H19N3O2S/c22-18(13-23-12-15-4-2-1-3-5-15)19-8-10-21-9-6-17(20-21)16-7-11-24-14-16/h1-7,9,11,14H,8,10,12-13H2,(H,19,22). The van der Waals surface area contributed by atoms with E-state index in [0.29, 0.717) is 19.7 Å². The lowest BCUT2D eigenvalue weighted by Gasteiger charge is -2.06. The van der Waals surface area contributed by atoms with Crippen molar-refractivity contribution in [3.8, 4) is 11.3 Å². The zero-order valence-corrected chi connectivity index (χ0v) is 14.0. The van der Waals surface area contributed by atoms with Crippen molar-refractivity contribution >= 4 is 17.2 Å². The fraction of sp³-hybridized carbons (Fsp3) is 0.222. The smallest absolute Gasteiger partial charge is 0.246 e. The number of ether oxygens (including phenoxy) is 1. The lowest BCUT2D eigenvalue weighted by atomic mass is 10.2. The van der Waals surface area contributed by atoms with Crippen molar-refractivity contribution in [3.05, 3.63) is 65.0 Å². The van der Waals surface area contributed by atoms with Crippen LogP contribution in [0.15, 0.2) is 59.4 Å². The van der Waals surface area contributed by atoms with Crippen molar-refractivity contribution in [1.82, 2.24) is 15.1 Å². The predicted octanol–water partition coefficient (Wildman–Crippen LogP) is 2.94. The highest BCUT2D eigenvalue weighted by atomic mass is 32.1. The van der Waals surface area contributed by atoms with Crippen LogP contribution in [0.3, 0.4) is 0 Å². The normalized spacial score (nSPS) is 10.7. The summed E-state index contributed by atoms with van der Waals surface area (Å²) in [6.07, 6.45) is 1.92. The van der Waals surface area contributed by atoms with E-state index in [9.17, 15) is 4.79 Å². The molecule has 0 spiro atoms. The van der Waals surface area contributed by atoms with Crippen LogP contribution in [0, 0.1) is 0 Å². The fourth-order valence-electron chi connectivity index (χ4n) is 2.25. The van der Waals surface area contributed by atoms with Crippen LogP contribution in [0.1, 0.15) is 5.56 Å². The van der Waals surface area contributed by atoms with E-state index in [0.717, 1.165) is 16.8 Å². The van der Waals surface area contributed by atoms with E-state index in [-0.39, 0.29) is 12.5 Å². The van der Waals surface area contributed by atoms with Crippen LogP contribution in [0.5, 0.6) is 0 Å². The molecule has 5 nitrogen and oxygen atoms in total. The SMILES string of the molecule is O=C(COCc1ccccc1)NCCn1ccc(-c2ccsc2)n1. The first-order chi connectivity index (χ1) is 11.8. The Labute approximate surface area is 144 Å². The summed E-state index contributed by atoms with van der Waals surface area (Å²) in [4.78, 5) is 11.8. The van der Waals surface area contributed by atoms with Gasteiger partial charge in [-0.1, -0.05) is 30.3 Å². The molecule has 24 heavy (non-hydrogen) atoms. The monoisotopic (exact) mass is 341 g/mol. The lowest BCUT2D eigenvalue weighted by molar-refractivity contribution is -0.126. The van der Waals surface area contributed by atoms with Gasteiger partial charge in [0, 0.05) is 23.7 Å². The second-order valence-electron chi connectivity index (χ2n) is 5.30. The van der Waals surface area contributed by atoms with Gasteiger partial charge >= 0.3 is 0 Å². The molecule has 0 saturated carbocycles. The highest BCUT2D eigenvalue weighted by Gasteiger charge is 2.04. The minimum Gasteiger partial charge on any atom is -0.367 e. The van der Waals surface area contributed by atoms with E-state index in [2.05, 4.69) is 15.8 Å². The van der Waals surface area contributed by atoms with Gasteiger partial charge in [-0.2, -0.15) is 16.4 Å². The van der Waals surface area contributed by atoms with Gasteiger partial charge in [-0.05, 0) is 23.1 Å². The first-order valence-electron chi connectivity index (χ1n) is 7.75. The Balaban J connectivity index is 1.35. The van der Waals surface area contributed by atoms with Crippen LogP contribution in [-0.2, 0) is 22.7 Å². The molecular formula is C18H19N3O2S. The number of carbonyl (C=O) groups excluding carboxylic acids is 1. The Morgan fingerprint density at radius 3 is 2.88 bits per heavy atom. The van der Waals surface area contributed by atoms with Gasteiger partial charge in [0.2, 0.25) is 5.91 Å². The number of nitrogens with zero attached hydrogens (tertiary/aromatic N) is 2. The Hall–Kier alpha value is -2.44. The number of aromatic nitrogens is 2. The molecule has 0 unspecified atom stereocenters. The molecule has 0 saturated heterocycles. The van der Waals surface area contributed by atoms with Gasteiger partial charge in [0.1, 0.15) is 6.61 Å². The molecule has 3 rings (SSSR count). The zero-order chi connectivity index (χ0) is 16.6. The van der Waals surface area contributed by atoms with Crippen molar-refractivity contribution in [1.29, 1.82) is 0 Å². The summed E-state index contributed by atoms with van der Waals surface area (Å²) in [5.74, 6) is -0.115. The molecular weight excluding hydrogens is 322 g/mol. The molecule has 1 N–H and O–H groups in total. The number of nitrogens with one attached hydrogen (secondary N) is 1. The molecule has 0 aliphatic heterocycles. The van der Waals surface area contributed by atoms with E-state index in [1.54, 1.807) is 11.3 Å². The van der Waals surface area contributed by atoms with E-state index in [4.69, 9.17) is 4.74 Å². The molecule has 0 atom stereocenters.